The zero-order valence-corrected chi connectivity index (χ0v) is 36.2. The van der Waals surface area contributed by atoms with Gasteiger partial charge in [-0.1, -0.05) is 88.4 Å². The van der Waals surface area contributed by atoms with Crippen molar-refractivity contribution in [2.75, 3.05) is 18.0 Å². The molecule has 0 aromatic heterocycles. The molecule has 3 aromatic carbocycles. The zero-order chi connectivity index (χ0) is 46.1. The van der Waals surface area contributed by atoms with Crippen LogP contribution in [-0.4, -0.2) is 93.6 Å². The van der Waals surface area contributed by atoms with Crippen molar-refractivity contribution in [3.05, 3.63) is 100 Å². The summed E-state index contributed by atoms with van der Waals surface area (Å²) in [6.45, 7) is 9.23. The molecule has 63 heavy (non-hydrogen) atoms. The first kappa shape index (κ1) is 45.1. The van der Waals surface area contributed by atoms with Gasteiger partial charge in [0.05, 0.1) is 12.3 Å². The van der Waals surface area contributed by atoms with Gasteiger partial charge in [-0.2, -0.15) is 0 Å². The second-order valence-corrected chi connectivity index (χ2v) is 18.7. The molecule has 0 spiro atoms. The molecule has 336 valence electrons. The summed E-state index contributed by atoms with van der Waals surface area (Å²) in [7, 11) is 0. The van der Waals surface area contributed by atoms with Gasteiger partial charge in [-0.25, -0.2) is 18.4 Å². The predicted octanol–water partition coefficient (Wildman–Crippen LogP) is 4.60. The molecule has 9 rings (SSSR count). The summed E-state index contributed by atoms with van der Waals surface area (Å²) >= 11 is 0. The van der Waals surface area contributed by atoms with E-state index in [1.165, 1.54) is 0 Å². The number of nitrogens with one attached hydrogen (secondary N) is 2. The van der Waals surface area contributed by atoms with Crippen molar-refractivity contribution in [3.63, 3.8) is 0 Å². The number of amides is 6. The molecule has 2 fully saturated rings. The molecule has 8 N–H and O–H groups in total. The van der Waals surface area contributed by atoms with Crippen LogP contribution in [0.4, 0.5) is 24.1 Å². The molecule has 2 saturated heterocycles. The minimum absolute atomic E-state index is 0.0685. The number of nitrogens with two attached hydrogens (primary N) is 2. The quantitative estimate of drug-likeness (QED) is 0.174. The first-order valence-corrected chi connectivity index (χ1v) is 21.0. The molecular weight excluding hydrogens is 817 g/mol. The Kier molecular flexibility index (Phi) is 11.5. The summed E-state index contributed by atoms with van der Waals surface area (Å²) < 4.78 is 33.9. The number of hydrogen-bond acceptors (Lipinski definition) is 9. The SMILES string of the molecule is Cc1cccc(N([C@H]2C[C@H](F)CN2[C@]2(C(=O)NC(=O)O)c3ccc(cc3)CC(C(N)=O)C2(C)C)[C@H]2C[C@H](F)CN2[C@]2(C(=O)NC(=O)O)c3ccc(cc3)CC(C(N)=O)C2(C)C)c1C. The Labute approximate surface area is 364 Å². The Morgan fingerprint density at radius 2 is 1.03 bits per heavy atom. The number of benzene rings is 3. The van der Waals surface area contributed by atoms with Crippen molar-refractivity contribution in [2.24, 2.45) is 34.1 Å². The van der Waals surface area contributed by atoms with E-state index in [-0.39, 0.29) is 36.8 Å². The minimum Gasteiger partial charge on any atom is -0.465 e. The number of alkyl halides is 2. The van der Waals surface area contributed by atoms with Crippen molar-refractivity contribution in [3.8, 4) is 0 Å². The monoisotopic (exact) mass is 871 g/mol. The maximum absolute atomic E-state index is 17.0. The third-order valence-electron chi connectivity index (χ3n) is 14.8. The van der Waals surface area contributed by atoms with Gasteiger partial charge in [-0.15, -0.1) is 0 Å². The molecule has 2 heterocycles. The second-order valence-electron chi connectivity index (χ2n) is 18.7. The molecular formula is C46H55F2N7O8. The lowest BCUT2D eigenvalue weighted by Gasteiger charge is -2.60. The van der Waals surface area contributed by atoms with Crippen molar-refractivity contribution in [2.45, 2.75) is 103 Å². The number of carbonyl (C=O) groups is 6. The number of carboxylic acid groups (broad SMARTS) is 2. The Balaban J connectivity index is 1.57. The topological polar surface area (TPSA) is 229 Å². The number of carbonyl (C=O) groups excluding carboxylic acids is 4. The first-order chi connectivity index (χ1) is 29.5. The summed E-state index contributed by atoms with van der Waals surface area (Å²) in [4.78, 5) is 87.4. The average molecular weight is 872 g/mol. The van der Waals surface area contributed by atoms with Crippen molar-refractivity contribution < 1.29 is 47.8 Å². The van der Waals surface area contributed by atoms with Crippen LogP contribution in [0.5, 0.6) is 0 Å². The van der Waals surface area contributed by atoms with E-state index in [0.29, 0.717) is 11.3 Å². The lowest BCUT2D eigenvalue weighted by atomic mass is 9.57. The molecule has 0 saturated carbocycles. The molecule has 0 radical (unpaired) electrons. The summed E-state index contributed by atoms with van der Waals surface area (Å²) in [5, 5.41) is 24.4. The highest BCUT2D eigenvalue weighted by Gasteiger charge is 2.68. The number of rotatable bonds is 9. The van der Waals surface area contributed by atoms with E-state index in [1.807, 2.05) is 30.5 Å². The van der Waals surface area contributed by atoms with Gasteiger partial charge >= 0.3 is 12.2 Å². The van der Waals surface area contributed by atoms with Crippen LogP contribution in [0.15, 0.2) is 66.7 Å². The van der Waals surface area contributed by atoms with Gasteiger partial charge in [0, 0.05) is 54.3 Å². The lowest BCUT2D eigenvalue weighted by molar-refractivity contribution is -0.156. The summed E-state index contributed by atoms with van der Waals surface area (Å²) in [5.74, 6) is -5.90. The van der Waals surface area contributed by atoms with Gasteiger partial charge in [0.2, 0.25) is 11.8 Å². The van der Waals surface area contributed by atoms with Crippen LogP contribution in [-0.2, 0) is 43.1 Å². The highest BCUT2D eigenvalue weighted by atomic mass is 19.1. The third kappa shape index (κ3) is 6.90. The maximum atomic E-state index is 17.0. The normalized spacial score (nSPS) is 29.8. The molecule has 17 heteroatoms. The molecule has 3 aromatic rings. The largest absolute Gasteiger partial charge is 0.465 e. The van der Waals surface area contributed by atoms with E-state index in [2.05, 4.69) is 0 Å². The van der Waals surface area contributed by atoms with Crippen LogP contribution in [0.1, 0.15) is 73.9 Å². The van der Waals surface area contributed by atoms with Crippen molar-refractivity contribution >= 4 is 41.5 Å². The van der Waals surface area contributed by atoms with Crippen LogP contribution in [0.2, 0.25) is 0 Å². The van der Waals surface area contributed by atoms with E-state index in [9.17, 15) is 29.4 Å². The van der Waals surface area contributed by atoms with Gasteiger partial charge in [0.15, 0.2) is 0 Å². The number of likely N-dealkylation sites (tertiary alicyclic amines) is 2. The maximum Gasteiger partial charge on any atom is 0.411 e. The fourth-order valence-electron chi connectivity index (χ4n) is 11.8. The van der Waals surface area contributed by atoms with Crippen LogP contribution in [0, 0.1) is 36.5 Å². The smallest absolute Gasteiger partial charge is 0.411 e. The zero-order valence-electron chi connectivity index (χ0n) is 36.2. The number of imide groups is 2. The van der Waals surface area contributed by atoms with Crippen molar-refractivity contribution in [1.82, 2.24) is 20.4 Å². The molecule has 2 aliphatic heterocycles. The van der Waals surface area contributed by atoms with E-state index >= 15 is 18.4 Å². The predicted molar refractivity (Wildman–Crippen MR) is 227 cm³/mol. The summed E-state index contributed by atoms with van der Waals surface area (Å²) in [6, 6.07) is 18.8. The van der Waals surface area contributed by atoms with E-state index < -0.39 is 107 Å². The van der Waals surface area contributed by atoms with Crippen LogP contribution < -0.4 is 27.0 Å². The Morgan fingerprint density at radius 3 is 1.38 bits per heavy atom. The molecule has 8 atom stereocenters. The standard InChI is InChI=1S/C46H55F2N7O8/c1-24-8-7-9-34(25(24)2)55(35-20-30(47)22-53(35)45(39(58)51-41(60)61)28-14-10-26(11-15-28)18-32(37(49)56)43(45,3)4)36-21-31(48)23-54(36)46(40(59)52-42(62)63)29-16-12-27(13-17-29)19-33(38(50)57)44(46,5)6/h7-17,30-33,35-36H,18-23H2,1-6H3,(H2,49,56)(H2,50,57)(H,51,58)(H,52,59)(H,60,61)(H,62,63)/t30-,31-,32?,33?,35-,36-,45-,46-/m0/s1. The van der Waals surface area contributed by atoms with E-state index in [1.54, 1.807) is 103 Å². The lowest BCUT2D eigenvalue weighted by Crippen LogP contribution is -2.73. The van der Waals surface area contributed by atoms with Crippen LogP contribution in [0.3, 0.4) is 0 Å². The van der Waals surface area contributed by atoms with Gasteiger partial charge in [0.25, 0.3) is 11.8 Å². The molecule has 2 unspecified atom stereocenters. The van der Waals surface area contributed by atoms with Gasteiger partial charge in [-0.05, 0) is 66.1 Å². The fraction of sp³-hybridized carbons (Fsp3) is 0.478. The Morgan fingerprint density at radius 1 is 0.651 bits per heavy atom. The van der Waals surface area contributed by atoms with Gasteiger partial charge in [-0.3, -0.25) is 39.6 Å². The number of primary amides is 2. The molecule has 4 aliphatic carbocycles. The number of fused-ring (bicyclic) bond motifs is 10. The average Bonchev–Trinajstić information content (AvgIpc) is 3.75. The van der Waals surface area contributed by atoms with E-state index in [4.69, 9.17) is 11.5 Å². The Bertz CT molecular complexity index is 2220. The first-order valence-electron chi connectivity index (χ1n) is 21.0. The van der Waals surface area contributed by atoms with Crippen molar-refractivity contribution in [1.29, 1.82) is 0 Å². The fourth-order valence-corrected chi connectivity index (χ4v) is 11.8. The van der Waals surface area contributed by atoms with Crippen LogP contribution in [0.25, 0.3) is 0 Å². The summed E-state index contributed by atoms with van der Waals surface area (Å²) in [5.41, 5.74) is 8.66. The molecule has 6 amide bonds. The van der Waals surface area contributed by atoms with E-state index in [0.717, 1.165) is 16.7 Å². The summed E-state index contributed by atoms with van der Waals surface area (Å²) in [6.07, 6.45) is -9.80. The molecule has 4 bridgehead atoms. The van der Waals surface area contributed by atoms with Gasteiger partial charge < -0.3 is 26.6 Å². The minimum atomic E-state index is -2.16. The molecule has 15 nitrogen and oxygen atoms in total. The number of anilines is 1. The van der Waals surface area contributed by atoms with Gasteiger partial charge in [0.1, 0.15) is 23.4 Å². The highest BCUT2D eigenvalue weighted by molar-refractivity contribution is 6.00. The molecule has 6 aliphatic rings. The number of aryl methyl sites for hydroxylation is 1. The number of halogens is 2. The highest BCUT2D eigenvalue weighted by Crippen LogP contribution is 2.58. The van der Waals surface area contributed by atoms with Crippen LogP contribution >= 0.6 is 0 Å². The number of nitrogens with zero attached hydrogens (tertiary/aromatic N) is 3. The third-order valence-corrected chi connectivity index (χ3v) is 14.8. The number of hydrogen-bond donors (Lipinski definition) is 6. The second kappa shape index (κ2) is 16.0. The Hall–Kier alpha value is -5.94.